The number of nitrogens with zero attached hydrogens (tertiary/aromatic N) is 4. The highest BCUT2D eigenvalue weighted by molar-refractivity contribution is 5.90. The third kappa shape index (κ3) is 3.40. The molecule has 0 fully saturated rings. The van der Waals surface area contributed by atoms with Crippen LogP contribution in [-0.2, 0) is 6.54 Å². The summed E-state index contributed by atoms with van der Waals surface area (Å²) in [6, 6.07) is 0. The SMILES string of the molecule is O=C(NCCCCn1ccnc1)c1ncn[nH]1. The van der Waals surface area contributed by atoms with Crippen LogP contribution in [0.2, 0.25) is 0 Å². The third-order valence-corrected chi connectivity index (χ3v) is 2.32. The van der Waals surface area contributed by atoms with E-state index in [0.717, 1.165) is 19.4 Å². The summed E-state index contributed by atoms with van der Waals surface area (Å²) in [5.41, 5.74) is 0. The van der Waals surface area contributed by atoms with Crippen molar-refractivity contribution in [2.24, 2.45) is 0 Å². The topological polar surface area (TPSA) is 88.5 Å². The first-order chi connectivity index (χ1) is 8.36. The molecule has 2 aromatic heterocycles. The van der Waals surface area contributed by atoms with E-state index in [1.807, 2.05) is 10.8 Å². The van der Waals surface area contributed by atoms with E-state index in [1.54, 1.807) is 12.5 Å². The predicted molar refractivity (Wildman–Crippen MR) is 60.2 cm³/mol. The molecular formula is C10H14N6O. The molecule has 7 nitrogen and oxygen atoms in total. The number of amides is 1. The van der Waals surface area contributed by atoms with Gasteiger partial charge in [0.15, 0.2) is 0 Å². The smallest absolute Gasteiger partial charge is 0.288 e. The summed E-state index contributed by atoms with van der Waals surface area (Å²) in [6.07, 6.45) is 8.69. The Morgan fingerprint density at radius 2 is 2.41 bits per heavy atom. The molecule has 2 N–H and O–H groups in total. The highest BCUT2D eigenvalue weighted by Crippen LogP contribution is 1.94. The summed E-state index contributed by atoms with van der Waals surface area (Å²) in [7, 11) is 0. The molecule has 17 heavy (non-hydrogen) atoms. The Labute approximate surface area is 98.3 Å². The van der Waals surface area contributed by atoms with Gasteiger partial charge in [-0.15, -0.1) is 0 Å². The molecule has 0 saturated carbocycles. The van der Waals surface area contributed by atoms with Crippen LogP contribution < -0.4 is 5.32 Å². The van der Waals surface area contributed by atoms with Gasteiger partial charge in [0.1, 0.15) is 6.33 Å². The van der Waals surface area contributed by atoms with Crippen LogP contribution in [0.15, 0.2) is 25.0 Å². The Morgan fingerprint density at radius 3 is 3.12 bits per heavy atom. The molecule has 1 amide bonds. The van der Waals surface area contributed by atoms with E-state index in [1.165, 1.54) is 6.33 Å². The quantitative estimate of drug-likeness (QED) is 0.699. The zero-order valence-electron chi connectivity index (χ0n) is 9.33. The summed E-state index contributed by atoms with van der Waals surface area (Å²) in [6.45, 7) is 1.55. The van der Waals surface area contributed by atoms with Crippen molar-refractivity contribution in [3.05, 3.63) is 30.9 Å². The minimum Gasteiger partial charge on any atom is -0.349 e. The van der Waals surface area contributed by atoms with Gasteiger partial charge in [-0.25, -0.2) is 9.97 Å². The van der Waals surface area contributed by atoms with Gasteiger partial charge in [-0.2, -0.15) is 5.10 Å². The van der Waals surface area contributed by atoms with Gasteiger partial charge in [0.05, 0.1) is 6.33 Å². The molecule has 0 bridgehead atoms. The lowest BCUT2D eigenvalue weighted by Gasteiger charge is -2.03. The van der Waals surface area contributed by atoms with Gasteiger partial charge in [0, 0.05) is 25.5 Å². The largest absolute Gasteiger partial charge is 0.349 e. The molecule has 7 heteroatoms. The van der Waals surface area contributed by atoms with Gasteiger partial charge in [0.2, 0.25) is 5.82 Å². The molecule has 2 aromatic rings. The number of carbonyl (C=O) groups excluding carboxylic acids is 1. The molecular weight excluding hydrogens is 220 g/mol. The standard InChI is InChI=1S/C10H14N6O/c17-10(9-13-7-14-15-9)12-3-1-2-5-16-6-4-11-8-16/h4,6-8H,1-3,5H2,(H,12,17)(H,13,14,15). The summed E-state index contributed by atoms with van der Waals surface area (Å²) in [5, 5.41) is 8.90. The first-order valence-corrected chi connectivity index (χ1v) is 5.45. The summed E-state index contributed by atoms with van der Waals surface area (Å²) >= 11 is 0. The van der Waals surface area contributed by atoms with Crippen molar-refractivity contribution in [3.63, 3.8) is 0 Å². The first-order valence-electron chi connectivity index (χ1n) is 5.45. The number of carbonyl (C=O) groups is 1. The molecule has 2 rings (SSSR count). The lowest BCUT2D eigenvalue weighted by molar-refractivity contribution is 0.0943. The van der Waals surface area contributed by atoms with Crippen LogP contribution >= 0.6 is 0 Å². The summed E-state index contributed by atoms with van der Waals surface area (Å²) < 4.78 is 2.01. The van der Waals surface area contributed by atoms with Crippen molar-refractivity contribution in [1.82, 2.24) is 30.0 Å². The molecule has 0 atom stereocenters. The minimum absolute atomic E-state index is 0.217. The number of aryl methyl sites for hydroxylation is 1. The zero-order valence-corrected chi connectivity index (χ0v) is 9.33. The normalized spacial score (nSPS) is 10.4. The lowest BCUT2D eigenvalue weighted by Crippen LogP contribution is -2.25. The maximum absolute atomic E-state index is 11.4. The number of aromatic nitrogens is 5. The molecule has 0 aliphatic carbocycles. The summed E-state index contributed by atoms with van der Waals surface area (Å²) in [5.74, 6) is 0.0322. The lowest BCUT2D eigenvalue weighted by atomic mass is 10.3. The molecule has 0 spiro atoms. The number of hydrogen-bond acceptors (Lipinski definition) is 4. The van der Waals surface area contributed by atoms with Crippen molar-refractivity contribution in [2.75, 3.05) is 6.54 Å². The monoisotopic (exact) mass is 234 g/mol. The van der Waals surface area contributed by atoms with E-state index < -0.39 is 0 Å². The predicted octanol–water partition coefficient (Wildman–Crippen LogP) is 0.211. The van der Waals surface area contributed by atoms with Crippen molar-refractivity contribution in [3.8, 4) is 0 Å². The fourth-order valence-corrected chi connectivity index (χ4v) is 1.44. The van der Waals surface area contributed by atoms with E-state index in [2.05, 4.69) is 25.5 Å². The number of unbranched alkanes of at least 4 members (excludes halogenated alkanes) is 1. The molecule has 0 radical (unpaired) electrons. The zero-order chi connectivity index (χ0) is 11.9. The van der Waals surface area contributed by atoms with Crippen LogP contribution in [0.3, 0.4) is 0 Å². The van der Waals surface area contributed by atoms with Crippen LogP contribution in [0, 0.1) is 0 Å². The molecule has 90 valence electrons. The molecule has 0 aliphatic heterocycles. The van der Waals surface area contributed by atoms with Gasteiger partial charge < -0.3 is 9.88 Å². The van der Waals surface area contributed by atoms with Gasteiger partial charge >= 0.3 is 0 Å². The Balaban J connectivity index is 1.59. The number of H-pyrrole nitrogens is 1. The van der Waals surface area contributed by atoms with Crippen LogP contribution in [0.4, 0.5) is 0 Å². The van der Waals surface area contributed by atoms with Gasteiger partial charge in [-0.1, -0.05) is 0 Å². The number of nitrogens with one attached hydrogen (secondary N) is 2. The third-order valence-electron chi connectivity index (χ3n) is 2.32. The number of rotatable bonds is 6. The fraction of sp³-hybridized carbons (Fsp3) is 0.400. The highest BCUT2D eigenvalue weighted by Gasteiger charge is 2.06. The maximum Gasteiger partial charge on any atom is 0.288 e. The van der Waals surface area contributed by atoms with Crippen LogP contribution in [-0.4, -0.2) is 37.2 Å². The Kier molecular flexibility index (Phi) is 3.85. The van der Waals surface area contributed by atoms with Gasteiger partial charge in [0.25, 0.3) is 5.91 Å². The average Bonchev–Trinajstić information content (AvgIpc) is 3.01. The fourth-order valence-electron chi connectivity index (χ4n) is 1.44. The second-order valence-electron chi connectivity index (χ2n) is 3.60. The van der Waals surface area contributed by atoms with Crippen LogP contribution in [0.5, 0.6) is 0 Å². The highest BCUT2D eigenvalue weighted by atomic mass is 16.2. The Morgan fingerprint density at radius 1 is 1.47 bits per heavy atom. The average molecular weight is 234 g/mol. The second-order valence-corrected chi connectivity index (χ2v) is 3.60. The van der Waals surface area contributed by atoms with E-state index in [9.17, 15) is 4.79 Å². The number of imidazole rings is 1. The van der Waals surface area contributed by atoms with Crippen molar-refractivity contribution in [2.45, 2.75) is 19.4 Å². The van der Waals surface area contributed by atoms with E-state index in [-0.39, 0.29) is 11.7 Å². The van der Waals surface area contributed by atoms with Gasteiger partial charge in [-0.3, -0.25) is 9.89 Å². The summed E-state index contributed by atoms with van der Waals surface area (Å²) in [4.78, 5) is 19.2. The maximum atomic E-state index is 11.4. The van der Waals surface area contributed by atoms with Crippen molar-refractivity contribution in [1.29, 1.82) is 0 Å². The Hall–Kier alpha value is -2.18. The van der Waals surface area contributed by atoms with Crippen molar-refractivity contribution < 1.29 is 4.79 Å². The van der Waals surface area contributed by atoms with Crippen LogP contribution in [0.1, 0.15) is 23.5 Å². The minimum atomic E-state index is -0.217. The van der Waals surface area contributed by atoms with E-state index in [0.29, 0.717) is 6.54 Å². The second kappa shape index (κ2) is 5.78. The molecule has 0 unspecified atom stereocenters. The van der Waals surface area contributed by atoms with E-state index in [4.69, 9.17) is 0 Å². The van der Waals surface area contributed by atoms with Crippen molar-refractivity contribution >= 4 is 5.91 Å². The molecule has 0 aliphatic rings. The Bertz CT molecular complexity index is 435. The molecule has 2 heterocycles. The molecule has 0 aromatic carbocycles. The number of aromatic amines is 1. The van der Waals surface area contributed by atoms with E-state index >= 15 is 0 Å². The number of hydrogen-bond donors (Lipinski definition) is 2. The molecule has 0 saturated heterocycles. The van der Waals surface area contributed by atoms with Crippen LogP contribution in [0.25, 0.3) is 0 Å². The van der Waals surface area contributed by atoms with Gasteiger partial charge in [-0.05, 0) is 12.8 Å². The first kappa shape index (κ1) is 11.3.